The Morgan fingerprint density at radius 2 is 1.97 bits per heavy atom. The molecule has 0 bridgehead atoms. The number of esters is 1. The second kappa shape index (κ2) is 9.47. The van der Waals surface area contributed by atoms with Gasteiger partial charge in [-0.15, -0.1) is 0 Å². The van der Waals surface area contributed by atoms with Gasteiger partial charge in [0.25, 0.3) is 0 Å². The Balaban J connectivity index is 1.81. The van der Waals surface area contributed by atoms with E-state index in [1.165, 1.54) is 7.11 Å². The van der Waals surface area contributed by atoms with Crippen LogP contribution in [0.2, 0.25) is 0 Å². The summed E-state index contributed by atoms with van der Waals surface area (Å²) in [7, 11) is 1.37. The maximum atomic E-state index is 12.2. The minimum atomic E-state index is -0.542. The van der Waals surface area contributed by atoms with E-state index in [0.29, 0.717) is 18.1 Å². The largest absolute Gasteiger partial charge is 0.467 e. The normalized spacial score (nSPS) is 12.0. The lowest BCUT2D eigenvalue weighted by molar-refractivity contribution is -0.142. The van der Waals surface area contributed by atoms with E-state index in [-0.39, 0.29) is 24.3 Å². The Bertz CT molecular complexity index is 989. The monoisotopic (exact) mass is 412 g/mol. The Kier molecular flexibility index (Phi) is 6.77. The molecule has 0 unspecified atom stereocenters. The summed E-state index contributed by atoms with van der Waals surface area (Å²) >= 11 is 1.56. The zero-order valence-electron chi connectivity index (χ0n) is 16.6. The van der Waals surface area contributed by atoms with E-state index in [9.17, 15) is 9.59 Å². The number of anilines is 1. The number of carbonyl (C=O) groups excluding carboxylic acids is 2. The van der Waals surface area contributed by atoms with Gasteiger partial charge in [-0.3, -0.25) is 4.79 Å². The molecule has 0 aliphatic heterocycles. The number of fused-ring (bicyclic) bond motifs is 1. The van der Waals surface area contributed by atoms with Gasteiger partial charge < -0.3 is 15.4 Å². The van der Waals surface area contributed by atoms with Gasteiger partial charge in [0.1, 0.15) is 11.9 Å². The first-order chi connectivity index (χ1) is 14.0. The zero-order valence-corrected chi connectivity index (χ0v) is 17.5. The van der Waals surface area contributed by atoms with Crippen molar-refractivity contribution >= 4 is 39.9 Å². The van der Waals surface area contributed by atoms with Gasteiger partial charge in [-0.05, 0) is 40.4 Å². The second-order valence-corrected chi connectivity index (χ2v) is 7.76. The molecule has 0 aliphatic carbocycles. The van der Waals surface area contributed by atoms with Gasteiger partial charge >= 0.3 is 5.97 Å². The highest BCUT2D eigenvalue weighted by atomic mass is 32.1. The van der Waals surface area contributed by atoms with Crippen molar-refractivity contribution in [3.05, 3.63) is 52.5 Å². The van der Waals surface area contributed by atoms with Gasteiger partial charge in [-0.1, -0.05) is 26.0 Å². The van der Waals surface area contributed by atoms with Crippen molar-refractivity contribution in [3.8, 4) is 0 Å². The molecule has 8 heteroatoms. The summed E-state index contributed by atoms with van der Waals surface area (Å²) in [5.41, 5.74) is 1.71. The quantitative estimate of drug-likeness (QED) is 0.552. The summed E-state index contributed by atoms with van der Waals surface area (Å²) < 4.78 is 4.92. The Hall–Kier alpha value is -3.00. The SMILES string of the molecule is COC(=O)[C@@H](Nc1nc(CNC(=O)Cc2ccsc2)nc2ccccc12)C(C)C. The molecule has 0 aliphatic rings. The highest BCUT2D eigenvalue weighted by Crippen LogP contribution is 2.22. The maximum absolute atomic E-state index is 12.2. The van der Waals surface area contributed by atoms with Gasteiger partial charge in [-0.25, -0.2) is 14.8 Å². The number of rotatable bonds is 8. The second-order valence-electron chi connectivity index (χ2n) is 6.98. The molecule has 1 aromatic carbocycles. The van der Waals surface area contributed by atoms with Crippen LogP contribution in [0, 0.1) is 5.92 Å². The molecule has 0 spiro atoms. The van der Waals surface area contributed by atoms with Gasteiger partial charge in [0.2, 0.25) is 5.91 Å². The van der Waals surface area contributed by atoms with E-state index in [4.69, 9.17) is 4.74 Å². The highest BCUT2D eigenvalue weighted by molar-refractivity contribution is 7.08. The van der Waals surface area contributed by atoms with E-state index in [1.54, 1.807) is 11.3 Å². The van der Waals surface area contributed by atoms with E-state index in [0.717, 1.165) is 16.5 Å². The molecule has 1 atom stereocenters. The fraction of sp³-hybridized carbons (Fsp3) is 0.333. The van der Waals surface area contributed by atoms with E-state index < -0.39 is 6.04 Å². The predicted molar refractivity (Wildman–Crippen MR) is 114 cm³/mol. The van der Waals surface area contributed by atoms with Gasteiger partial charge in [0.15, 0.2) is 5.82 Å². The van der Waals surface area contributed by atoms with Crippen LogP contribution < -0.4 is 10.6 Å². The van der Waals surface area contributed by atoms with E-state index in [2.05, 4.69) is 20.6 Å². The van der Waals surface area contributed by atoms with Crippen LogP contribution in [-0.2, 0) is 27.3 Å². The van der Waals surface area contributed by atoms with Gasteiger partial charge in [-0.2, -0.15) is 11.3 Å². The molecule has 0 saturated carbocycles. The summed E-state index contributed by atoms with van der Waals surface area (Å²) in [5.74, 6) is 0.571. The standard InChI is InChI=1S/C21H24N4O3S/c1-13(2)19(21(27)28-3)25-20-15-6-4-5-7-16(15)23-17(24-20)11-22-18(26)10-14-8-9-29-12-14/h4-9,12-13,19H,10-11H2,1-3H3,(H,22,26)(H,23,24,25)/t19-/m0/s1. The predicted octanol–water partition coefficient (Wildman–Crippen LogP) is 3.16. The number of thiophene rings is 1. The first-order valence-electron chi connectivity index (χ1n) is 9.35. The number of hydrogen-bond donors (Lipinski definition) is 2. The van der Waals surface area contributed by atoms with Crippen LogP contribution in [0.5, 0.6) is 0 Å². The lowest BCUT2D eigenvalue weighted by atomic mass is 10.0. The minimum absolute atomic E-state index is 0.00458. The van der Waals surface area contributed by atoms with Gasteiger partial charge in [0, 0.05) is 5.39 Å². The fourth-order valence-corrected chi connectivity index (χ4v) is 3.57. The molecule has 0 fully saturated rings. The minimum Gasteiger partial charge on any atom is -0.467 e. The molecule has 2 aromatic heterocycles. The fourth-order valence-electron chi connectivity index (χ4n) is 2.90. The number of para-hydroxylation sites is 1. The molecule has 2 N–H and O–H groups in total. The van der Waals surface area contributed by atoms with Crippen LogP contribution >= 0.6 is 11.3 Å². The molecular formula is C21H24N4O3S. The van der Waals surface area contributed by atoms with Crippen LogP contribution in [0.1, 0.15) is 25.2 Å². The summed E-state index contributed by atoms with van der Waals surface area (Å²) in [4.78, 5) is 33.5. The maximum Gasteiger partial charge on any atom is 0.328 e. The smallest absolute Gasteiger partial charge is 0.328 e. The third kappa shape index (κ3) is 5.29. The summed E-state index contributed by atoms with van der Waals surface area (Å²) in [6, 6.07) is 8.93. The highest BCUT2D eigenvalue weighted by Gasteiger charge is 2.24. The molecule has 29 heavy (non-hydrogen) atoms. The topological polar surface area (TPSA) is 93.2 Å². The molecule has 2 heterocycles. The average molecular weight is 413 g/mol. The Morgan fingerprint density at radius 3 is 2.66 bits per heavy atom. The van der Waals surface area contributed by atoms with E-state index in [1.807, 2.05) is 54.9 Å². The van der Waals surface area contributed by atoms with Crippen molar-refractivity contribution < 1.29 is 14.3 Å². The van der Waals surface area contributed by atoms with Crippen LogP contribution in [0.25, 0.3) is 10.9 Å². The summed E-state index contributed by atoms with van der Waals surface area (Å²) in [6.07, 6.45) is 0.319. The molecule has 0 saturated heterocycles. The zero-order chi connectivity index (χ0) is 20.8. The van der Waals surface area contributed by atoms with Crippen molar-refractivity contribution in [2.45, 2.75) is 32.9 Å². The lowest BCUT2D eigenvalue weighted by Crippen LogP contribution is -2.36. The molecule has 7 nitrogen and oxygen atoms in total. The number of ether oxygens (including phenoxy) is 1. The summed E-state index contributed by atoms with van der Waals surface area (Å²) in [6.45, 7) is 4.07. The lowest BCUT2D eigenvalue weighted by Gasteiger charge is -2.21. The third-order valence-corrected chi connectivity index (χ3v) is 5.18. The number of nitrogens with zero attached hydrogens (tertiary/aromatic N) is 2. The van der Waals surface area contributed by atoms with Gasteiger partial charge in [0.05, 0.1) is 25.6 Å². The Labute approximate surface area is 173 Å². The number of amides is 1. The van der Waals surface area contributed by atoms with Crippen molar-refractivity contribution in [2.24, 2.45) is 5.92 Å². The first kappa shape index (κ1) is 20.7. The molecule has 152 valence electrons. The number of hydrogen-bond acceptors (Lipinski definition) is 7. The average Bonchev–Trinajstić information content (AvgIpc) is 3.22. The molecule has 3 aromatic rings. The van der Waals surface area contributed by atoms with Crippen LogP contribution in [0.3, 0.4) is 0 Å². The van der Waals surface area contributed by atoms with Crippen molar-refractivity contribution in [2.75, 3.05) is 12.4 Å². The first-order valence-corrected chi connectivity index (χ1v) is 10.3. The number of nitrogens with one attached hydrogen (secondary N) is 2. The van der Waals surface area contributed by atoms with Crippen LogP contribution in [0.15, 0.2) is 41.1 Å². The third-order valence-electron chi connectivity index (χ3n) is 4.45. The summed E-state index contributed by atoms with van der Waals surface area (Å²) in [5, 5.41) is 10.8. The number of methoxy groups -OCH3 is 1. The number of carbonyl (C=O) groups is 2. The van der Waals surface area contributed by atoms with Crippen molar-refractivity contribution in [3.63, 3.8) is 0 Å². The van der Waals surface area contributed by atoms with Crippen LogP contribution in [-0.4, -0.2) is 35.0 Å². The van der Waals surface area contributed by atoms with Crippen LogP contribution in [0.4, 0.5) is 5.82 Å². The number of benzene rings is 1. The number of aromatic nitrogens is 2. The Morgan fingerprint density at radius 1 is 1.17 bits per heavy atom. The molecule has 0 radical (unpaired) electrons. The molecule has 1 amide bonds. The van der Waals surface area contributed by atoms with Crippen molar-refractivity contribution in [1.29, 1.82) is 0 Å². The van der Waals surface area contributed by atoms with E-state index >= 15 is 0 Å². The molecular weight excluding hydrogens is 388 g/mol. The van der Waals surface area contributed by atoms with Crippen molar-refractivity contribution in [1.82, 2.24) is 15.3 Å². The molecule has 3 rings (SSSR count).